The van der Waals surface area contributed by atoms with Gasteiger partial charge in [0.15, 0.2) is 5.75 Å². The van der Waals surface area contributed by atoms with Gasteiger partial charge in [-0.3, -0.25) is 4.79 Å². The molecule has 0 saturated carbocycles. The van der Waals surface area contributed by atoms with Crippen LogP contribution in [-0.4, -0.2) is 54.8 Å². The summed E-state index contributed by atoms with van der Waals surface area (Å²) in [6.45, 7) is 1.52. The van der Waals surface area contributed by atoms with Crippen LogP contribution in [0.3, 0.4) is 0 Å². The highest BCUT2D eigenvalue weighted by atomic mass is 19.4. The van der Waals surface area contributed by atoms with Crippen LogP contribution in [0.2, 0.25) is 0 Å². The van der Waals surface area contributed by atoms with Crippen molar-refractivity contribution in [3.05, 3.63) is 82.9 Å². The molecule has 0 N–H and O–H groups in total. The van der Waals surface area contributed by atoms with E-state index < -0.39 is 11.7 Å². The van der Waals surface area contributed by atoms with Crippen LogP contribution in [0.4, 0.5) is 18.9 Å². The van der Waals surface area contributed by atoms with E-state index in [1.165, 1.54) is 13.2 Å². The summed E-state index contributed by atoms with van der Waals surface area (Å²) in [4.78, 5) is 21.2. The summed E-state index contributed by atoms with van der Waals surface area (Å²) in [5.41, 5.74) is 0.644. The molecule has 0 bridgehead atoms. The number of carbonyl (C=O) groups excluding carboxylic acids is 1. The Kier molecular flexibility index (Phi) is 6.21. The molecule has 0 spiro atoms. The Hall–Kier alpha value is -4.52. The molecular weight excluding hydrogens is 485 g/mol. The average Bonchev–Trinajstić information content (AvgIpc) is 3.08. The second-order valence-corrected chi connectivity index (χ2v) is 8.55. The molecule has 3 aromatic carbocycles. The molecule has 0 aliphatic carbocycles. The van der Waals surface area contributed by atoms with Crippen molar-refractivity contribution >= 4 is 17.4 Å². The van der Waals surface area contributed by atoms with Crippen LogP contribution in [0.1, 0.15) is 27.0 Å². The maximum Gasteiger partial charge on any atom is 0.416 e. The fourth-order valence-electron chi connectivity index (χ4n) is 4.33. The zero-order valence-corrected chi connectivity index (χ0v) is 19.7. The Morgan fingerprint density at radius 1 is 1.03 bits per heavy atom. The normalized spacial score (nSPS) is 14.9. The van der Waals surface area contributed by atoms with E-state index in [1.807, 2.05) is 11.0 Å². The van der Waals surface area contributed by atoms with Gasteiger partial charge in [0.05, 0.1) is 29.9 Å². The van der Waals surface area contributed by atoms with Gasteiger partial charge in [0.1, 0.15) is 23.0 Å². The Morgan fingerprint density at radius 2 is 1.78 bits per heavy atom. The van der Waals surface area contributed by atoms with Gasteiger partial charge in [0.2, 0.25) is 0 Å². The highest BCUT2D eigenvalue weighted by Crippen LogP contribution is 2.42. The molecule has 0 radical (unpaired) electrons. The average molecular weight is 506 g/mol. The number of amides is 1. The first-order chi connectivity index (χ1) is 17.8. The van der Waals surface area contributed by atoms with Crippen molar-refractivity contribution in [2.45, 2.75) is 6.18 Å². The van der Waals surface area contributed by atoms with E-state index in [2.05, 4.69) is 4.99 Å². The summed E-state index contributed by atoms with van der Waals surface area (Å²) in [7, 11) is 1.52. The minimum Gasteiger partial charge on any atom is -0.497 e. The molecule has 0 unspecified atom stereocenters. The number of methoxy groups -OCH3 is 1. The smallest absolute Gasteiger partial charge is 0.416 e. The van der Waals surface area contributed by atoms with Crippen molar-refractivity contribution in [3.8, 4) is 23.3 Å². The molecule has 3 aromatic rings. The number of halogens is 3. The van der Waals surface area contributed by atoms with Gasteiger partial charge >= 0.3 is 6.18 Å². The predicted molar refractivity (Wildman–Crippen MR) is 129 cm³/mol. The molecule has 10 heteroatoms. The lowest BCUT2D eigenvalue weighted by molar-refractivity contribution is -0.137. The second kappa shape index (κ2) is 9.50. The summed E-state index contributed by atoms with van der Waals surface area (Å²) in [5, 5.41) is 9.13. The molecule has 37 heavy (non-hydrogen) atoms. The van der Waals surface area contributed by atoms with E-state index in [4.69, 9.17) is 14.7 Å². The van der Waals surface area contributed by atoms with E-state index >= 15 is 0 Å². The van der Waals surface area contributed by atoms with Gasteiger partial charge in [-0.2, -0.15) is 18.4 Å². The van der Waals surface area contributed by atoms with Crippen LogP contribution < -0.4 is 9.47 Å². The van der Waals surface area contributed by atoms with Gasteiger partial charge in [-0.25, -0.2) is 4.99 Å². The number of rotatable bonds is 2. The SMILES string of the molecule is COc1ccc2c(c1)C(N1CCN(C(=O)c3cccc(C#N)c3)CC1)=Nc1cc(C(F)(F)F)ccc1O2. The number of hydrogen-bond acceptors (Lipinski definition) is 6. The van der Waals surface area contributed by atoms with Crippen molar-refractivity contribution in [3.63, 3.8) is 0 Å². The molecular formula is C27H21F3N4O3. The van der Waals surface area contributed by atoms with Crippen LogP contribution >= 0.6 is 0 Å². The van der Waals surface area contributed by atoms with E-state index in [1.54, 1.807) is 47.4 Å². The zero-order chi connectivity index (χ0) is 26.2. The summed E-state index contributed by atoms with van der Waals surface area (Å²) in [6.07, 6.45) is -4.53. The van der Waals surface area contributed by atoms with Crippen molar-refractivity contribution in [2.24, 2.45) is 4.99 Å². The summed E-state index contributed by atoms with van der Waals surface area (Å²) >= 11 is 0. The molecule has 2 heterocycles. The third-order valence-corrected chi connectivity index (χ3v) is 6.27. The number of benzene rings is 3. The number of alkyl halides is 3. The number of carbonyl (C=O) groups is 1. The van der Waals surface area contributed by atoms with Gasteiger partial charge in [-0.15, -0.1) is 0 Å². The van der Waals surface area contributed by atoms with Crippen molar-refractivity contribution in [1.82, 2.24) is 9.80 Å². The third-order valence-electron chi connectivity index (χ3n) is 6.27. The number of ether oxygens (including phenoxy) is 2. The first-order valence-electron chi connectivity index (χ1n) is 11.5. The van der Waals surface area contributed by atoms with Crippen molar-refractivity contribution in [1.29, 1.82) is 5.26 Å². The fourth-order valence-corrected chi connectivity index (χ4v) is 4.33. The lowest BCUT2D eigenvalue weighted by Gasteiger charge is -2.36. The summed E-state index contributed by atoms with van der Waals surface area (Å²) in [5.74, 6) is 1.43. The van der Waals surface area contributed by atoms with Crippen molar-refractivity contribution < 1.29 is 27.4 Å². The fraction of sp³-hybridized carbons (Fsp3) is 0.222. The third kappa shape index (κ3) is 4.80. The van der Waals surface area contributed by atoms with Gasteiger partial charge < -0.3 is 19.3 Å². The standard InChI is InChI=1S/C27H21F3N4O3/c1-36-20-6-8-23-21(15-20)25(32-22-14-19(27(28,29)30)5-7-24(22)37-23)33-9-11-34(12-10-33)26(35)18-4-2-3-17(13-18)16-31/h2-8,13-15H,9-12H2,1H3. The van der Waals surface area contributed by atoms with Gasteiger partial charge in [-0.05, 0) is 54.6 Å². The minimum absolute atomic E-state index is 0.0619. The molecule has 0 aromatic heterocycles. The number of fused-ring (bicyclic) bond motifs is 2. The molecule has 188 valence electrons. The van der Waals surface area contributed by atoms with E-state index in [9.17, 15) is 18.0 Å². The number of aliphatic imine (C=N–C) groups is 1. The minimum atomic E-state index is -4.53. The predicted octanol–water partition coefficient (Wildman–Crippen LogP) is 5.23. The molecule has 7 nitrogen and oxygen atoms in total. The monoisotopic (exact) mass is 506 g/mol. The number of amidine groups is 1. The number of hydrogen-bond donors (Lipinski definition) is 0. The lowest BCUT2D eigenvalue weighted by atomic mass is 10.1. The number of nitriles is 1. The second-order valence-electron chi connectivity index (χ2n) is 8.55. The topological polar surface area (TPSA) is 78.2 Å². The Balaban J connectivity index is 1.47. The summed E-state index contributed by atoms with van der Waals surface area (Å²) in [6, 6.07) is 16.9. The quantitative estimate of drug-likeness (QED) is 0.476. The lowest BCUT2D eigenvalue weighted by Crippen LogP contribution is -2.50. The Bertz CT molecular complexity index is 1440. The zero-order valence-electron chi connectivity index (χ0n) is 19.7. The molecule has 5 rings (SSSR count). The van der Waals surface area contributed by atoms with Crippen LogP contribution in [0, 0.1) is 11.3 Å². The van der Waals surface area contributed by atoms with Crippen LogP contribution in [0.15, 0.2) is 65.7 Å². The Morgan fingerprint density at radius 3 is 2.49 bits per heavy atom. The maximum atomic E-state index is 13.4. The number of piperazine rings is 1. The van der Waals surface area contributed by atoms with Crippen LogP contribution in [-0.2, 0) is 6.18 Å². The van der Waals surface area contributed by atoms with E-state index in [-0.39, 0.29) is 17.3 Å². The molecule has 2 aliphatic rings. The van der Waals surface area contributed by atoms with Gasteiger partial charge in [0, 0.05) is 31.7 Å². The van der Waals surface area contributed by atoms with Crippen LogP contribution in [0.25, 0.3) is 0 Å². The first-order valence-corrected chi connectivity index (χ1v) is 11.5. The summed E-state index contributed by atoms with van der Waals surface area (Å²) < 4.78 is 51.6. The van der Waals surface area contributed by atoms with E-state index in [0.717, 1.165) is 12.1 Å². The largest absolute Gasteiger partial charge is 0.497 e. The molecule has 1 amide bonds. The molecule has 1 saturated heterocycles. The first kappa shape index (κ1) is 24.2. The molecule has 0 atom stereocenters. The van der Waals surface area contributed by atoms with Crippen LogP contribution in [0.5, 0.6) is 17.2 Å². The van der Waals surface area contributed by atoms with Crippen molar-refractivity contribution in [2.75, 3.05) is 33.3 Å². The highest BCUT2D eigenvalue weighted by Gasteiger charge is 2.33. The van der Waals surface area contributed by atoms with Gasteiger partial charge in [0.25, 0.3) is 5.91 Å². The molecule has 1 fully saturated rings. The Labute approximate surface area is 211 Å². The highest BCUT2D eigenvalue weighted by molar-refractivity contribution is 6.04. The van der Waals surface area contributed by atoms with E-state index in [0.29, 0.717) is 60.2 Å². The maximum absolute atomic E-state index is 13.4. The number of nitrogens with zero attached hydrogens (tertiary/aromatic N) is 4. The van der Waals surface area contributed by atoms with Gasteiger partial charge in [-0.1, -0.05) is 6.07 Å². The molecule has 2 aliphatic heterocycles.